The van der Waals surface area contributed by atoms with Gasteiger partial charge in [-0.05, 0) is 24.6 Å². The predicted molar refractivity (Wildman–Crippen MR) is 78.0 cm³/mol. The average molecular weight is 349 g/mol. The minimum absolute atomic E-state index is 0.264. The number of halogens is 1. The second-order valence-corrected chi connectivity index (χ2v) is 8.08. The van der Waals surface area contributed by atoms with E-state index >= 15 is 0 Å². The Morgan fingerprint density at radius 3 is 2.47 bits per heavy atom. The molecule has 1 aliphatic heterocycles. The van der Waals surface area contributed by atoms with Gasteiger partial charge in [-0.2, -0.15) is 0 Å². The van der Waals surface area contributed by atoms with E-state index in [0.717, 1.165) is 12.0 Å². The van der Waals surface area contributed by atoms with Crippen molar-refractivity contribution in [3.63, 3.8) is 0 Å². The van der Waals surface area contributed by atoms with Gasteiger partial charge in [-0.15, -0.1) is 0 Å². The van der Waals surface area contributed by atoms with Crippen molar-refractivity contribution in [3.8, 4) is 11.5 Å². The number of alkyl halides is 1. The van der Waals surface area contributed by atoms with Crippen LogP contribution in [-0.4, -0.2) is 33.1 Å². The molecule has 1 aromatic rings. The van der Waals surface area contributed by atoms with E-state index in [2.05, 4.69) is 15.9 Å². The van der Waals surface area contributed by atoms with E-state index in [1.54, 1.807) is 6.92 Å². The molecule has 6 heteroatoms. The highest BCUT2D eigenvalue weighted by Crippen LogP contribution is 2.37. The van der Waals surface area contributed by atoms with Crippen LogP contribution >= 0.6 is 15.9 Å². The highest BCUT2D eigenvalue weighted by Gasteiger charge is 2.26. The Morgan fingerprint density at radius 1 is 1.21 bits per heavy atom. The van der Waals surface area contributed by atoms with Gasteiger partial charge >= 0.3 is 0 Å². The number of fused-ring (bicyclic) bond motifs is 1. The van der Waals surface area contributed by atoms with Crippen LogP contribution in [0.5, 0.6) is 11.5 Å². The molecule has 4 nitrogen and oxygen atoms in total. The molecule has 1 aromatic carbocycles. The number of hydrogen-bond donors (Lipinski definition) is 0. The summed E-state index contributed by atoms with van der Waals surface area (Å²) in [5.41, 5.74) is 0.877. The quantitative estimate of drug-likeness (QED) is 0.788. The van der Waals surface area contributed by atoms with Gasteiger partial charge < -0.3 is 9.47 Å². The third kappa shape index (κ3) is 3.42. The molecule has 19 heavy (non-hydrogen) atoms. The van der Waals surface area contributed by atoms with Crippen molar-refractivity contribution in [1.82, 2.24) is 0 Å². The first kappa shape index (κ1) is 14.7. The Labute approximate surface area is 122 Å². The van der Waals surface area contributed by atoms with E-state index in [9.17, 15) is 8.42 Å². The molecule has 0 saturated carbocycles. The van der Waals surface area contributed by atoms with Gasteiger partial charge in [-0.1, -0.05) is 22.0 Å². The zero-order chi connectivity index (χ0) is 14.0. The molecule has 2 rings (SSSR count). The van der Waals surface area contributed by atoms with Crippen LogP contribution in [-0.2, 0) is 9.84 Å². The van der Waals surface area contributed by atoms with Gasteiger partial charge in [0, 0.05) is 12.7 Å². The summed E-state index contributed by atoms with van der Waals surface area (Å²) in [6.07, 6.45) is 2.09. The largest absolute Gasteiger partial charge is 0.490 e. The fraction of sp³-hybridized carbons (Fsp3) is 0.538. The molecule has 0 N–H and O–H groups in total. The van der Waals surface area contributed by atoms with Crippen LogP contribution in [0.4, 0.5) is 0 Å². The molecule has 0 aromatic heterocycles. The minimum atomic E-state index is -3.10. The summed E-state index contributed by atoms with van der Waals surface area (Å²) in [6.45, 7) is 2.95. The summed E-state index contributed by atoms with van der Waals surface area (Å²) in [7, 11) is -3.10. The summed E-state index contributed by atoms with van der Waals surface area (Å²) in [4.78, 5) is -0.264. The summed E-state index contributed by atoms with van der Waals surface area (Å²) >= 11 is 3.46. The van der Waals surface area contributed by atoms with Crippen molar-refractivity contribution in [1.29, 1.82) is 0 Å². The lowest BCUT2D eigenvalue weighted by molar-refractivity contribution is 0.297. The topological polar surface area (TPSA) is 52.6 Å². The van der Waals surface area contributed by atoms with Crippen LogP contribution in [0.2, 0.25) is 0 Å². The van der Waals surface area contributed by atoms with Gasteiger partial charge in [0.05, 0.1) is 23.3 Å². The molecule has 0 spiro atoms. The molecular weight excluding hydrogens is 332 g/mol. The normalized spacial score (nSPS) is 18.5. The summed E-state index contributed by atoms with van der Waals surface area (Å²) in [5.74, 6) is 1.40. The van der Waals surface area contributed by atoms with Gasteiger partial charge in [0.1, 0.15) is 0 Å². The molecular formula is C13H17BrO4S. The van der Waals surface area contributed by atoms with E-state index in [4.69, 9.17) is 9.47 Å². The summed E-state index contributed by atoms with van der Waals surface area (Å²) < 4.78 is 34.4. The Morgan fingerprint density at radius 2 is 1.84 bits per heavy atom. The monoisotopic (exact) mass is 348 g/mol. The Hall–Kier alpha value is -0.750. The van der Waals surface area contributed by atoms with Crippen LogP contribution < -0.4 is 9.47 Å². The molecule has 1 heterocycles. The molecule has 0 saturated heterocycles. The van der Waals surface area contributed by atoms with E-state index in [1.807, 2.05) is 18.2 Å². The van der Waals surface area contributed by atoms with Crippen LogP contribution in [0.3, 0.4) is 0 Å². The SMILES string of the molecule is CC(C(Br)c1ccc2c(c1)OCCCO2)S(C)(=O)=O. The number of hydrogen-bond acceptors (Lipinski definition) is 4. The highest BCUT2D eigenvalue weighted by atomic mass is 79.9. The smallest absolute Gasteiger partial charge is 0.161 e. The third-order valence-corrected chi connectivity index (χ3v) is 6.47. The maximum absolute atomic E-state index is 11.6. The number of sulfone groups is 1. The van der Waals surface area contributed by atoms with Crippen LogP contribution in [0.25, 0.3) is 0 Å². The second kappa shape index (κ2) is 5.71. The zero-order valence-electron chi connectivity index (χ0n) is 10.9. The molecule has 2 unspecified atom stereocenters. The van der Waals surface area contributed by atoms with Gasteiger partial charge in [0.15, 0.2) is 21.3 Å². The van der Waals surface area contributed by atoms with Crippen molar-refractivity contribution in [3.05, 3.63) is 23.8 Å². The Balaban J connectivity index is 2.29. The second-order valence-electron chi connectivity index (χ2n) is 4.69. The molecule has 1 aliphatic rings. The standard InChI is InChI=1S/C13H17BrO4S/c1-9(19(2,15)16)13(14)10-4-5-11-12(8-10)18-7-3-6-17-11/h4-5,8-9,13H,3,6-7H2,1-2H3. The van der Waals surface area contributed by atoms with Crippen molar-refractivity contribution in [2.45, 2.75) is 23.4 Å². The van der Waals surface area contributed by atoms with Crippen LogP contribution in [0.15, 0.2) is 18.2 Å². The van der Waals surface area contributed by atoms with Crippen molar-refractivity contribution >= 4 is 25.8 Å². The van der Waals surface area contributed by atoms with Crippen molar-refractivity contribution < 1.29 is 17.9 Å². The van der Waals surface area contributed by atoms with Gasteiger partial charge in [-0.25, -0.2) is 8.42 Å². The summed E-state index contributed by atoms with van der Waals surface area (Å²) in [5, 5.41) is -0.503. The molecule has 106 valence electrons. The molecule has 0 fully saturated rings. The molecule has 0 bridgehead atoms. The number of ether oxygens (including phenoxy) is 2. The first-order valence-electron chi connectivity index (χ1n) is 6.12. The number of rotatable bonds is 3. The molecule has 0 radical (unpaired) electrons. The first-order chi connectivity index (χ1) is 8.89. The lowest BCUT2D eigenvalue weighted by Crippen LogP contribution is -2.20. The minimum Gasteiger partial charge on any atom is -0.490 e. The maximum atomic E-state index is 11.6. The fourth-order valence-electron chi connectivity index (χ4n) is 1.84. The van der Waals surface area contributed by atoms with Crippen molar-refractivity contribution in [2.75, 3.05) is 19.5 Å². The first-order valence-corrected chi connectivity index (χ1v) is 8.99. The summed E-state index contributed by atoms with van der Waals surface area (Å²) in [6, 6.07) is 5.55. The maximum Gasteiger partial charge on any atom is 0.161 e. The van der Waals surface area contributed by atoms with Gasteiger partial charge in [-0.3, -0.25) is 0 Å². The lowest BCUT2D eigenvalue weighted by Gasteiger charge is -2.18. The van der Waals surface area contributed by atoms with Crippen LogP contribution in [0, 0.1) is 0 Å². The molecule has 2 atom stereocenters. The van der Waals surface area contributed by atoms with Gasteiger partial charge in [0.2, 0.25) is 0 Å². The highest BCUT2D eigenvalue weighted by molar-refractivity contribution is 9.09. The van der Waals surface area contributed by atoms with E-state index < -0.39 is 15.1 Å². The molecule has 0 aliphatic carbocycles. The lowest BCUT2D eigenvalue weighted by atomic mass is 10.1. The third-order valence-electron chi connectivity index (χ3n) is 3.18. The van der Waals surface area contributed by atoms with E-state index in [-0.39, 0.29) is 4.83 Å². The fourth-order valence-corrected chi connectivity index (χ4v) is 3.89. The van der Waals surface area contributed by atoms with Crippen LogP contribution in [0.1, 0.15) is 23.7 Å². The zero-order valence-corrected chi connectivity index (χ0v) is 13.3. The van der Waals surface area contributed by atoms with E-state index in [1.165, 1.54) is 6.26 Å². The predicted octanol–water partition coefficient (Wildman–Crippen LogP) is 2.72. The van der Waals surface area contributed by atoms with Gasteiger partial charge in [0.25, 0.3) is 0 Å². The van der Waals surface area contributed by atoms with Crippen molar-refractivity contribution in [2.24, 2.45) is 0 Å². The van der Waals surface area contributed by atoms with E-state index in [0.29, 0.717) is 24.7 Å². The average Bonchev–Trinajstić information content (AvgIpc) is 2.60. The Kier molecular flexibility index (Phi) is 4.40. The Bertz CT molecular complexity index is 556. The molecule has 0 amide bonds. The number of benzene rings is 1.